The predicted molar refractivity (Wildman–Crippen MR) is 68.2 cm³/mol. The second kappa shape index (κ2) is 5.13. The van der Waals surface area contributed by atoms with Crippen LogP contribution in [0.4, 0.5) is 0 Å². The standard InChI is InChI=1S/C11H21NS2/c1-2-6-12-7-4-11(5-8-12)13-9-3-10-14-11/h2-10H2,1H3. The first kappa shape index (κ1) is 11.2. The van der Waals surface area contributed by atoms with Gasteiger partial charge in [0.05, 0.1) is 4.08 Å². The first-order valence-corrected chi connectivity index (χ1v) is 7.82. The lowest BCUT2D eigenvalue weighted by Gasteiger charge is -2.43. The first-order valence-electron chi connectivity index (χ1n) is 5.85. The minimum absolute atomic E-state index is 0.627. The van der Waals surface area contributed by atoms with E-state index in [9.17, 15) is 0 Å². The van der Waals surface area contributed by atoms with Crippen molar-refractivity contribution in [1.29, 1.82) is 0 Å². The highest BCUT2D eigenvalue weighted by Gasteiger charge is 2.36. The minimum Gasteiger partial charge on any atom is -0.303 e. The summed E-state index contributed by atoms with van der Waals surface area (Å²) < 4.78 is 0.627. The second-order valence-corrected chi connectivity index (χ2v) is 7.52. The van der Waals surface area contributed by atoms with Crippen molar-refractivity contribution in [2.24, 2.45) is 0 Å². The molecule has 2 fully saturated rings. The number of likely N-dealkylation sites (tertiary alicyclic amines) is 1. The molecule has 0 saturated carbocycles. The molecule has 0 aromatic heterocycles. The molecule has 0 aromatic carbocycles. The Bertz CT molecular complexity index is 168. The number of rotatable bonds is 2. The molecule has 82 valence electrons. The monoisotopic (exact) mass is 231 g/mol. The molecular weight excluding hydrogens is 210 g/mol. The van der Waals surface area contributed by atoms with Crippen LogP contribution in [0.5, 0.6) is 0 Å². The van der Waals surface area contributed by atoms with Gasteiger partial charge in [0.2, 0.25) is 0 Å². The van der Waals surface area contributed by atoms with Crippen LogP contribution in [0.3, 0.4) is 0 Å². The molecule has 1 nitrogen and oxygen atoms in total. The molecule has 2 aliphatic rings. The van der Waals surface area contributed by atoms with Crippen molar-refractivity contribution in [1.82, 2.24) is 4.90 Å². The molecule has 2 rings (SSSR count). The molecule has 14 heavy (non-hydrogen) atoms. The summed E-state index contributed by atoms with van der Waals surface area (Å²) in [5.74, 6) is 2.81. The summed E-state index contributed by atoms with van der Waals surface area (Å²) in [6.07, 6.45) is 5.58. The van der Waals surface area contributed by atoms with E-state index in [0.717, 1.165) is 0 Å². The van der Waals surface area contributed by atoms with Crippen molar-refractivity contribution >= 4 is 23.5 Å². The van der Waals surface area contributed by atoms with E-state index >= 15 is 0 Å². The predicted octanol–water partition coefficient (Wildman–Crippen LogP) is 3.06. The van der Waals surface area contributed by atoms with Gasteiger partial charge in [-0.15, -0.1) is 23.5 Å². The van der Waals surface area contributed by atoms with E-state index in [1.165, 1.54) is 56.8 Å². The maximum Gasteiger partial charge on any atom is 0.0635 e. The fourth-order valence-electron chi connectivity index (χ4n) is 2.34. The zero-order valence-electron chi connectivity index (χ0n) is 9.13. The molecular formula is C11H21NS2. The van der Waals surface area contributed by atoms with E-state index in [2.05, 4.69) is 35.3 Å². The quantitative estimate of drug-likeness (QED) is 0.719. The third kappa shape index (κ3) is 2.61. The SMILES string of the molecule is CCCN1CCC2(CC1)SCCCS2. The van der Waals surface area contributed by atoms with E-state index in [-0.39, 0.29) is 0 Å². The first-order chi connectivity index (χ1) is 6.85. The van der Waals surface area contributed by atoms with Crippen LogP contribution in [0.25, 0.3) is 0 Å². The van der Waals surface area contributed by atoms with Gasteiger partial charge in [-0.3, -0.25) is 0 Å². The fourth-order valence-corrected chi connectivity index (χ4v) is 5.62. The Morgan fingerprint density at radius 1 is 1.14 bits per heavy atom. The Labute approximate surface area is 96.4 Å². The molecule has 0 radical (unpaired) electrons. The zero-order valence-corrected chi connectivity index (χ0v) is 10.8. The Kier molecular flexibility index (Phi) is 4.09. The number of thioether (sulfide) groups is 2. The molecule has 2 saturated heterocycles. The van der Waals surface area contributed by atoms with Crippen molar-refractivity contribution in [2.75, 3.05) is 31.1 Å². The lowest BCUT2D eigenvalue weighted by Crippen LogP contribution is -2.42. The van der Waals surface area contributed by atoms with Gasteiger partial charge in [-0.1, -0.05) is 6.92 Å². The summed E-state index contributed by atoms with van der Waals surface area (Å²) in [4.78, 5) is 2.64. The Hall–Kier alpha value is 0.660. The average molecular weight is 231 g/mol. The van der Waals surface area contributed by atoms with Crippen LogP contribution in [0.2, 0.25) is 0 Å². The molecule has 3 heteroatoms. The lowest BCUT2D eigenvalue weighted by atomic mass is 10.1. The van der Waals surface area contributed by atoms with Crippen LogP contribution in [0.15, 0.2) is 0 Å². The molecule has 0 aliphatic carbocycles. The molecule has 0 unspecified atom stereocenters. The lowest BCUT2D eigenvalue weighted by molar-refractivity contribution is 0.226. The van der Waals surface area contributed by atoms with Gasteiger partial charge in [0.15, 0.2) is 0 Å². The van der Waals surface area contributed by atoms with E-state index in [0.29, 0.717) is 4.08 Å². The van der Waals surface area contributed by atoms with E-state index in [4.69, 9.17) is 0 Å². The second-order valence-electron chi connectivity index (χ2n) is 4.30. The van der Waals surface area contributed by atoms with Crippen LogP contribution in [0, 0.1) is 0 Å². The Morgan fingerprint density at radius 2 is 1.79 bits per heavy atom. The molecule has 2 aliphatic heterocycles. The van der Waals surface area contributed by atoms with E-state index in [1.54, 1.807) is 0 Å². The molecule has 0 atom stereocenters. The van der Waals surface area contributed by atoms with E-state index < -0.39 is 0 Å². The largest absolute Gasteiger partial charge is 0.303 e. The summed E-state index contributed by atoms with van der Waals surface area (Å²) in [6, 6.07) is 0. The van der Waals surface area contributed by atoms with Crippen LogP contribution in [0.1, 0.15) is 32.6 Å². The van der Waals surface area contributed by atoms with Crippen LogP contribution in [-0.4, -0.2) is 40.1 Å². The molecule has 0 N–H and O–H groups in total. The zero-order chi connectivity index (χ0) is 9.86. The molecule has 0 amide bonds. The summed E-state index contributed by atoms with van der Waals surface area (Å²) in [7, 11) is 0. The summed E-state index contributed by atoms with van der Waals surface area (Å²) in [5, 5.41) is 0. The average Bonchev–Trinajstić information content (AvgIpc) is 2.24. The summed E-state index contributed by atoms with van der Waals surface area (Å²) >= 11 is 4.49. The molecule has 1 spiro atoms. The number of hydrogen-bond acceptors (Lipinski definition) is 3. The van der Waals surface area contributed by atoms with Gasteiger partial charge < -0.3 is 4.90 Å². The van der Waals surface area contributed by atoms with Gasteiger partial charge in [0.1, 0.15) is 0 Å². The topological polar surface area (TPSA) is 3.24 Å². The highest BCUT2D eigenvalue weighted by atomic mass is 32.2. The molecule has 2 heterocycles. The normalized spacial score (nSPS) is 28.1. The number of piperidine rings is 1. The number of hydrogen-bond donors (Lipinski definition) is 0. The molecule has 0 bridgehead atoms. The van der Waals surface area contributed by atoms with Crippen LogP contribution >= 0.6 is 23.5 Å². The van der Waals surface area contributed by atoms with Gasteiger partial charge in [-0.05, 0) is 43.7 Å². The maximum absolute atomic E-state index is 2.64. The van der Waals surface area contributed by atoms with Crippen molar-refractivity contribution in [2.45, 2.75) is 36.7 Å². The van der Waals surface area contributed by atoms with Crippen molar-refractivity contribution in [3.63, 3.8) is 0 Å². The van der Waals surface area contributed by atoms with Gasteiger partial charge in [-0.25, -0.2) is 0 Å². The summed E-state index contributed by atoms with van der Waals surface area (Å²) in [6.45, 7) is 6.28. The third-order valence-corrected chi connectivity index (χ3v) is 6.74. The number of nitrogens with zero attached hydrogens (tertiary/aromatic N) is 1. The molecule has 0 aromatic rings. The van der Waals surface area contributed by atoms with Crippen molar-refractivity contribution in [3.05, 3.63) is 0 Å². The van der Waals surface area contributed by atoms with Gasteiger partial charge >= 0.3 is 0 Å². The van der Waals surface area contributed by atoms with Crippen LogP contribution < -0.4 is 0 Å². The smallest absolute Gasteiger partial charge is 0.0635 e. The fraction of sp³-hybridized carbons (Fsp3) is 1.00. The van der Waals surface area contributed by atoms with E-state index in [1.807, 2.05) is 0 Å². The van der Waals surface area contributed by atoms with Gasteiger partial charge in [-0.2, -0.15) is 0 Å². The maximum atomic E-state index is 2.64. The van der Waals surface area contributed by atoms with Crippen molar-refractivity contribution < 1.29 is 0 Å². The summed E-state index contributed by atoms with van der Waals surface area (Å²) in [5.41, 5.74) is 0. The highest BCUT2D eigenvalue weighted by Crippen LogP contribution is 2.48. The van der Waals surface area contributed by atoms with Crippen molar-refractivity contribution in [3.8, 4) is 0 Å². The van der Waals surface area contributed by atoms with Gasteiger partial charge in [0, 0.05) is 13.1 Å². The third-order valence-electron chi connectivity index (χ3n) is 3.18. The minimum atomic E-state index is 0.627. The Morgan fingerprint density at radius 3 is 2.36 bits per heavy atom. The Balaban J connectivity index is 1.81. The van der Waals surface area contributed by atoms with Gasteiger partial charge in [0.25, 0.3) is 0 Å². The van der Waals surface area contributed by atoms with Crippen LogP contribution in [-0.2, 0) is 0 Å². The highest BCUT2D eigenvalue weighted by molar-refractivity contribution is 8.18.